The van der Waals surface area contributed by atoms with E-state index in [-0.39, 0.29) is 10.8 Å². The summed E-state index contributed by atoms with van der Waals surface area (Å²) < 4.78 is 6.95. The van der Waals surface area contributed by atoms with Crippen molar-refractivity contribution in [3.05, 3.63) is 186 Å². The van der Waals surface area contributed by atoms with E-state index in [1.54, 1.807) is 0 Å². The molecule has 0 amide bonds. The molecule has 0 spiro atoms. The maximum absolute atomic E-state index is 6.95. The number of anilines is 3. The first-order valence-corrected chi connectivity index (χ1v) is 19.0. The highest BCUT2D eigenvalue weighted by molar-refractivity contribution is 6.17. The molecular formula is C52H39NO. The molecule has 54 heavy (non-hydrogen) atoms. The van der Waals surface area contributed by atoms with E-state index in [0.29, 0.717) is 0 Å². The summed E-state index contributed by atoms with van der Waals surface area (Å²) in [7, 11) is 0. The molecule has 9 aromatic rings. The normalized spacial score (nSPS) is 14.6. The Morgan fingerprint density at radius 2 is 0.963 bits per heavy atom. The highest BCUT2D eigenvalue weighted by Gasteiger charge is 2.40. The van der Waals surface area contributed by atoms with Crippen LogP contribution in [-0.2, 0) is 10.8 Å². The lowest BCUT2D eigenvalue weighted by Gasteiger charge is -2.34. The number of rotatable bonds is 4. The van der Waals surface area contributed by atoms with Crippen LogP contribution in [0.15, 0.2) is 168 Å². The lowest BCUT2D eigenvalue weighted by Crippen LogP contribution is -2.21. The number of fused-ring (bicyclic) bond motifs is 11. The van der Waals surface area contributed by atoms with Crippen LogP contribution in [0.5, 0.6) is 0 Å². The second kappa shape index (κ2) is 11.1. The molecule has 0 N–H and O–H groups in total. The Bertz CT molecular complexity index is 3010. The van der Waals surface area contributed by atoms with E-state index in [2.05, 4.69) is 196 Å². The summed E-state index contributed by atoms with van der Waals surface area (Å²) in [5, 5.41) is 4.58. The van der Waals surface area contributed by atoms with Gasteiger partial charge in [-0.05, 0) is 80.2 Å². The summed E-state index contributed by atoms with van der Waals surface area (Å²) in [6.07, 6.45) is 0. The van der Waals surface area contributed by atoms with Gasteiger partial charge in [0.15, 0.2) is 0 Å². The van der Waals surface area contributed by atoms with Crippen LogP contribution < -0.4 is 4.90 Å². The molecule has 1 aromatic heterocycles. The molecule has 258 valence electrons. The molecule has 0 bridgehead atoms. The van der Waals surface area contributed by atoms with Gasteiger partial charge < -0.3 is 9.32 Å². The predicted molar refractivity (Wildman–Crippen MR) is 226 cm³/mol. The average molecular weight is 694 g/mol. The van der Waals surface area contributed by atoms with Crippen LogP contribution >= 0.6 is 0 Å². The number of hydrogen-bond donors (Lipinski definition) is 0. The van der Waals surface area contributed by atoms with Crippen molar-refractivity contribution in [2.24, 2.45) is 0 Å². The van der Waals surface area contributed by atoms with Gasteiger partial charge in [0.25, 0.3) is 0 Å². The SMILES string of the molecule is CC1(C)c2ccccc2-c2ccc(N(c3ccccc3-c3cccc4c3oc3c5ccccc5ccc43)c3cccc4c3C(C)(C)c3ccccc3-4)cc21. The molecule has 2 aliphatic rings. The summed E-state index contributed by atoms with van der Waals surface area (Å²) in [5.74, 6) is 0. The molecule has 0 aliphatic heterocycles. The van der Waals surface area contributed by atoms with Crippen LogP contribution in [0.1, 0.15) is 49.9 Å². The van der Waals surface area contributed by atoms with Crippen LogP contribution in [0.25, 0.3) is 66.1 Å². The minimum Gasteiger partial charge on any atom is -0.455 e. The first-order valence-electron chi connectivity index (χ1n) is 19.0. The van der Waals surface area contributed by atoms with E-state index in [1.165, 1.54) is 55.6 Å². The van der Waals surface area contributed by atoms with Gasteiger partial charge in [-0.15, -0.1) is 0 Å². The van der Waals surface area contributed by atoms with Gasteiger partial charge in [-0.25, -0.2) is 0 Å². The molecule has 11 rings (SSSR count). The Hall–Kier alpha value is -6.38. The Morgan fingerprint density at radius 3 is 1.80 bits per heavy atom. The summed E-state index contributed by atoms with van der Waals surface area (Å²) >= 11 is 0. The van der Waals surface area contributed by atoms with Crippen molar-refractivity contribution in [1.82, 2.24) is 0 Å². The summed E-state index contributed by atoms with van der Waals surface area (Å²) in [6, 6.07) is 60.2. The lowest BCUT2D eigenvalue weighted by atomic mass is 9.80. The van der Waals surface area contributed by atoms with Gasteiger partial charge in [0.1, 0.15) is 11.2 Å². The number of nitrogens with zero attached hydrogens (tertiary/aromatic N) is 1. The van der Waals surface area contributed by atoms with Crippen LogP contribution in [0.3, 0.4) is 0 Å². The lowest BCUT2D eigenvalue weighted by molar-refractivity contribution is 0.658. The van der Waals surface area contributed by atoms with E-state index in [0.717, 1.165) is 49.8 Å². The highest BCUT2D eigenvalue weighted by Crippen LogP contribution is 2.56. The van der Waals surface area contributed by atoms with Gasteiger partial charge in [0.2, 0.25) is 0 Å². The minimum absolute atomic E-state index is 0.135. The summed E-state index contributed by atoms with van der Waals surface area (Å²) in [5.41, 5.74) is 17.9. The van der Waals surface area contributed by atoms with Gasteiger partial charge in [-0.2, -0.15) is 0 Å². The molecule has 0 atom stereocenters. The van der Waals surface area contributed by atoms with Crippen molar-refractivity contribution < 1.29 is 4.42 Å². The van der Waals surface area contributed by atoms with Crippen molar-refractivity contribution >= 4 is 49.8 Å². The predicted octanol–water partition coefficient (Wildman–Crippen LogP) is 14.5. The molecule has 2 aliphatic carbocycles. The molecule has 1 heterocycles. The van der Waals surface area contributed by atoms with Crippen LogP contribution in [0.4, 0.5) is 17.1 Å². The fourth-order valence-corrected chi connectivity index (χ4v) is 9.88. The van der Waals surface area contributed by atoms with Crippen molar-refractivity contribution in [3.8, 4) is 33.4 Å². The smallest absolute Gasteiger partial charge is 0.143 e. The average Bonchev–Trinajstić information content (AvgIpc) is 3.79. The monoisotopic (exact) mass is 693 g/mol. The van der Waals surface area contributed by atoms with Crippen LogP contribution in [0, 0.1) is 0 Å². The van der Waals surface area contributed by atoms with E-state index < -0.39 is 0 Å². The van der Waals surface area contributed by atoms with Crippen molar-refractivity contribution in [2.45, 2.75) is 38.5 Å². The van der Waals surface area contributed by atoms with E-state index in [9.17, 15) is 0 Å². The molecule has 0 unspecified atom stereocenters. The van der Waals surface area contributed by atoms with Gasteiger partial charge >= 0.3 is 0 Å². The molecule has 8 aromatic carbocycles. The number of benzene rings is 8. The topological polar surface area (TPSA) is 16.4 Å². The Labute approximate surface area is 315 Å². The zero-order valence-electron chi connectivity index (χ0n) is 30.9. The Morgan fingerprint density at radius 1 is 0.389 bits per heavy atom. The molecule has 0 saturated heterocycles. The third kappa shape index (κ3) is 4.17. The first kappa shape index (κ1) is 31.2. The van der Waals surface area contributed by atoms with Crippen molar-refractivity contribution in [1.29, 1.82) is 0 Å². The van der Waals surface area contributed by atoms with Crippen LogP contribution in [-0.4, -0.2) is 0 Å². The standard InChI is InChI=1S/C52H39NO/c1-51(2)43-23-10-7-17-35(43)37-30-28-33(31-45(37)51)53(47-26-14-20-39-36-18-8-11-24-44(36)52(3,4)48(39)47)46-25-12-9-19-38(46)40-21-13-22-41-42-29-27-32-15-5-6-16-34(32)49(42)54-50(40)41/h5-31H,1-4H3. The second-order valence-electron chi connectivity index (χ2n) is 16.1. The zero-order valence-corrected chi connectivity index (χ0v) is 30.9. The number of hydrogen-bond acceptors (Lipinski definition) is 2. The summed E-state index contributed by atoms with van der Waals surface area (Å²) in [6.45, 7) is 9.50. The molecule has 0 fully saturated rings. The second-order valence-corrected chi connectivity index (χ2v) is 16.1. The minimum atomic E-state index is -0.207. The summed E-state index contributed by atoms with van der Waals surface area (Å²) in [4.78, 5) is 2.53. The molecule has 0 saturated carbocycles. The largest absolute Gasteiger partial charge is 0.455 e. The number of furan rings is 1. The van der Waals surface area contributed by atoms with Gasteiger partial charge in [0.05, 0.1) is 11.4 Å². The fourth-order valence-electron chi connectivity index (χ4n) is 9.88. The van der Waals surface area contributed by atoms with E-state index >= 15 is 0 Å². The van der Waals surface area contributed by atoms with Gasteiger partial charge in [0, 0.05) is 43.8 Å². The molecule has 2 heteroatoms. The molecule has 0 radical (unpaired) electrons. The molecular weight excluding hydrogens is 655 g/mol. The maximum atomic E-state index is 6.95. The quantitative estimate of drug-likeness (QED) is 0.182. The first-order chi connectivity index (χ1) is 26.3. The third-order valence-corrected chi connectivity index (χ3v) is 12.4. The van der Waals surface area contributed by atoms with Crippen LogP contribution in [0.2, 0.25) is 0 Å². The van der Waals surface area contributed by atoms with E-state index in [4.69, 9.17) is 4.42 Å². The third-order valence-electron chi connectivity index (χ3n) is 12.4. The zero-order chi connectivity index (χ0) is 36.3. The Balaban J connectivity index is 1.20. The Kier molecular flexibility index (Phi) is 6.39. The fraction of sp³-hybridized carbons (Fsp3) is 0.115. The maximum Gasteiger partial charge on any atom is 0.143 e. The van der Waals surface area contributed by atoms with Crippen molar-refractivity contribution in [3.63, 3.8) is 0 Å². The van der Waals surface area contributed by atoms with Gasteiger partial charge in [-0.1, -0.05) is 161 Å². The highest BCUT2D eigenvalue weighted by atomic mass is 16.3. The molecule has 2 nitrogen and oxygen atoms in total. The number of para-hydroxylation sites is 2. The van der Waals surface area contributed by atoms with Crippen molar-refractivity contribution in [2.75, 3.05) is 4.90 Å². The van der Waals surface area contributed by atoms with E-state index in [1.807, 2.05) is 0 Å². The van der Waals surface area contributed by atoms with Gasteiger partial charge in [-0.3, -0.25) is 0 Å².